The van der Waals surface area contributed by atoms with Crippen molar-refractivity contribution >= 4 is 11.6 Å². The second-order valence-electron chi connectivity index (χ2n) is 4.73. The van der Waals surface area contributed by atoms with Crippen LogP contribution in [0, 0.1) is 5.82 Å². The van der Waals surface area contributed by atoms with E-state index in [1.54, 1.807) is 25.3 Å². The predicted octanol–water partition coefficient (Wildman–Crippen LogP) is 4.09. The molecule has 0 heterocycles. The van der Waals surface area contributed by atoms with Crippen molar-refractivity contribution in [2.75, 3.05) is 7.11 Å². The first-order chi connectivity index (χ1) is 10.0. The summed E-state index contributed by atoms with van der Waals surface area (Å²) in [5.41, 5.74) is 7.58. The molecule has 3 nitrogen and oxygen atoms in total. The highest BCUT2D eigenvalue weighted by Crippen LogP contribution is 2.29. The van der Waals surface area contributed by atoms with Gasteiger partial charge in [-0.25, -0.2) is 4.39 Å². The molecule has 2 aromatic rings. The summed E-state index contributed by atoms with van der Waals surface area (Å²) >= 11 is 5.75. The highest BCUT2D eigenvalue weighted by atomic mass is 35.5. The van der Waals surface area contributed by atoms with E-state index >= 15 is 0 Å². The smallest absolute Gasteiger partial charge is 0.141 e. The van der Waals surface area contributed by atoms with Crippen LogP contribution < -0.4 is 15.2 Å². The van der Waals surface area contributed by atoms with E-state index in [4.69, 9.17) is 26.8 Å². The molecule has 0 aliphatic heterocycles. The molecule has 0 aliphatic carbocycles. The van der Waals surface area contributed by atoms with Gasteiger partial charge in [0.05, 0.1) is 12.1 Å². The molecule has 0 bridgehead atoms. The number of hydrogen-bond donors (Lipinski definition) is 1. The number of hydrogen-bond acceptors (Lipinski definition) is 3. The summed E-state index contributed by atoms with van der Waals surface area (Å²) < 4.78 is 24.1. The molecule has 21 heavy (non-hydrogen) atoms. The van der Waals surface area contributed by atoms with Gasteiger partial charge < -0.3 is 15.2 Å². The molecule has 0 saturated heterocycles. The van der Waals surface area contributed by atoms with E-state index in [-0.39, 0.29) is 17.7 Å². The average molecular weight is 310 g/mol. The number of methoxy groups -OCH3 is 1. The van der Waals surface area contributed by atoms with Gasteiger partial charge in [0.15, 0.2) is 0 Å². The molecule has 0 spiro atoms. The van der Waals surface area contributed by atoms with Crippen LogP contribution in [-0.2, 0) is 6.61 Å². The van der Waals surface area contributed by atoms with Gasteiger partial charge in [-0.1, -0.05) is 23.7 Å². The number of rotatable bonds is 5. The van der Waals surface area contributed by atoms with Crippen LogP contribution in [0.2, 0.25) is 5.02 Å². The zero-order valence-electron chi connectivity index (χ0n) is 11.9. The Morgan fingerprint density at radius 3 is 2.62 bits per heavy atom. The Kier molecular flexibility index (Phi) is 5.04. The first-order valence-corrected chi connectivity index (χ1v) is 6.89. The first kappa shape index (κ1) is 15.6. The molecule has 2 N–H and O–H groups in total. The zero-order chi connectivity index (χ0) is 15.4. The molecule has 1 unspecified atom stereocenters. The molecule has 1 atom stereocenters. The lowest BCUT2D eigenvalue weighted by molar-refractivity contribution is 0.299. The van der Waals surface area contributed by atoms with Gasteiger partial charge in [-0.15, -0.1) is 0 Å². The van der Waals surface area contributed by atoms with Crippen molar-refractivity contribution in [2.45, 2.75) is 19.6 Å². The van der Waals surface area contributed by atoms with Crippen molar-refractivity contribution in [3.8, 4) is 11.5 Å². The largest absolute Gasteiger partial charge is 0.497 e. The minimum absolute atomic E-state index is 0.0779. The van der Waals surface area contributed by atoms with E-state index in [9.17, 15) is 4.39 Å². The molecule has 2 aromatic carbocycles. The fourth-order valence-corrected chi connectivity index (χ4v) is 2.14. The lowest BCUT2D eigenvalue weighted by atomic mass is 10.1. The zero-order valence-corrected chi connectivity index (χ0v) is 12.7. The predicted molar refractivity (Wildman–Crippen MR) is 81.3 cm³/mol. The summed E-state index contributed by atoms with van der Waals surface area (Å²) in [6.45, 7) is 2.15. The summed E-state index contributed by atoms with van der Waals surface area (Å²) in [5, 5.41) is 0.0779. The molecular formula is C16H17ClFNO2. The summed E-state index contributed by atoms with van der Waals surface area (Å²) in [6, 6.07) is 9.82. The fraction of sp³-hybridized carbons (Fsp3) is 0.250. The van der Waals surface area contributed by atoms with Crippen LogP contribution in [0.5, 0.6) is 11.5 Å². The second-order valence-corrected chi connectivity index (χ2v) is 5.14. The highest BCUT2D eigenvalue weighted by Gasteiger charge is 2.10. The quantitative estimate of drug-likeness (QED) is 0.905. The lowest BCUT2D eigenvalue weighted by Gasteiger charge is -2.15. The Hall–Kier alpha value is -1.78. The van der Waals surface area contributed by atoms with Crippen LogP contribution in [0.4, 0.5) is 4.39 Å². The number of nitrogens with two attached hydrogens (primary N) is 1. The monoisotopic (exact) mass is 309 g/mol. The Morgan fingerprint density at radius 2 is 2.00 bits per heavy atom. The average Bonchev–Trinajstić information content (AvgIpc) is 2.48. The maximum Gasteiger partial charge on any atom is 0.141 e. The number of benzene rings is 2. The Bertz CT molecular complexity index is 632. The Morgan fingerprint density at radius 1 is 1.24 bits per heavy atom. The van der Waals surface area contributed by atoms with Gasteiger partial charge >= 0.3 is 0 Å². The lowest BCUT2D eigenvalue weighted by Crippen LogP contribution is -2.08. The van der Waals surface area contributed by atoms with Crippen LogP contribution >= 0.6 is 11.6 Å². The standard InChI is InChI=1S/C16H17ClFNO2/c1-10(19)13-5-4-12(20-2)8-16(13)21-9-11-3-6-15(18)14(17)7-11/h3-8,10H,9,19H2,1-2H3. The van der Waals surface area contributed by atoms with Crippen LogP contribution in [0.25, 0.3) is 0 Å². The second kappa shape index (κ2) is 6.78. The van der Waals surface area contributed by atoms with Gasteiger partial charge in [0.25, 0.3) is 0 Å². The van der Waals surface area contributed by atoms with Gasteiger partial charge in [0.1, 0.15) is 23.9 Å². The van der Waals surface area contributed by atoms with Crippen LogP contribution in [-0.4, -0.2) is 7.11 Å². The van der Waals surface area contributed by atoms with Crippen LogP contribution in [0.1, 0.15) is 24.1 Å². The highest BCUT2D eigenvalue weighted by molar-refractivity contribution is 6.30. The molecule has 112 valence electrons. The third-order valence-electron chi connectivity index (χ3n) is 3.09. The van der Waals surface area contributed by atoms with Gasteiger partial charge in [0, 0.05) is 17.7 Å². The molecule has 0 aromatic heterocycles. The van der Waals surface area contributed by atoms with Gasteiger partial charge in [-0.05, 0) is 30.7 Å². The molecule has 0 saturated carbocycles. The maximum absolute atomic E-state index is 13.1. The summed E-state index contributed by atoms with van der Waals surface area (Å²) in [4.78, 5) is 0. The summed E-state index contributed by atoms with van der Waals surface area (Å²) in [5.74, 6) is 0.884. The van der Waals surface area contributed by atoms with E-state index in [1.165, 1.54) is 6.07 Å². The molecule has 0 amide bonds. The van der Waals surface area contributed by atoms with Gasteiger partial charge in [-0.3, -0.25) is 0 Å². The van der Waals surface area contributed by atoms with Crippen molar-refractivity contribution in [1.82, 2.24) is 0 Å². The SMILES string of the molecule is COc1ccc(C(C)N)c(OCc2ccc(F)c(Cl)c2)c1. The van der Waals surface area contributed by atoms with Crippen molar-refractivity contribution < 1.29 is 13.9 Å². The van der Waals surface area contributed by atoms with Crippen molar-refractivity contribution in [1.29, 1.82) is 0 Å². The first-order valence-electron chi connectivity index (χ1n) is 6.51. The topological polar surface area (TPSA) is 44.5 Å². The normalized spacial score (nSPS) is 12.0. The van der Waals surface area contributed by atoms with Crippen molar-refractivity contribution in [3.05, 3.63) is 58.4 Å². The Labute approximate surface area is 128 Å². The van der Waals surface area contributed by atoms with Crippen molar-refractivity contribution in [3.63, 3.8) is 0 Å². The van der Waals surface area contributed by atoms with E-state index in [0.29, 0.717) is 11.5 Å². The minimum atomic E-state index is -0.446. The molecule has 0 fully saturated rings. The van der Waals surface area contributed by atoms with E-state index < -0.39 is 5.82 Å². The van der Waals surface area contributed by atoms with Crippen molar-refractivity contribution in [2.24, 2.45) is 5.73 Å². The van der Waals surface area contributed by atoms with Gasteiger partial charge in [0.2, 0.25) is 0 Å². The third-order valence-corrected chi connectivity index (χ3v) is 3.38. The van der Waals surface area contributed by atoms with E-state index in [0.717, 1.165) is 11.1 Å². The number of ether oxygens (including phenoxy) is 2. The molecular weight excluding hydrogens is 293 g/mol. The fourth-order valence-electron chi connectivity index (χ4n) is 1.93. The maximum atomic E-state index is 13.1. The summed E-state index contributed by atoms with van der Waals surface area (Å²) in [6.07, 6.45) is 0. The van der Waals surface area contributed by atoms with Crippen LogP contribution in [0.3, 0.4) is 0 Å². The molecule has 5 heteroatoms. The third kappa shape index (κ3) is 3.86. The minimum Gasteiger partial charge on any atom is -0.497 e. The van der Waals surface area contributed by atoms with E-state index in [1.807, 2.05) is 19.1 Å². The van der Waals surface area contributed by atoms with Gasteiger partial charge in [-0.2, -0.15) is 0 Å². The molecule has 0 aliphatic rings. The summed E-state index contributed by atoms with van der Waals surface area (Å²) in [7, 11) is 1.59. The molecule has 2 rings (SSSR count). The van der Waals surface area contributed by atoms with Crippen LogP contribution in [0.15, 0.2) is 36.4 Å². The number of halogens is 2. The van der Waals surface area contributed by atoms with E-state index in [2.05, 4.69) is 0 Å². The Balaban J connectivity index is 2.19. The molecule has 0 radical (unpaired) electrons.